The number of hydrogen-bond acceptors (Lipinski definition) is 6. The van der Waals surface area contributed by atoms with Gasteiger partial charge in [0, 0.05) is 37.3 Å². The van der Waals surface area contributed by atoms with Crippen LogP contribution in [0.5, 0.6) is 11.6 Å². The van der Waals surface area contributed by atoms with E-state index in [0.717, 1.165) is 5.82 Å². The summed E-state index contributed by atoms with van der Waals surface area (Å²) in [5.74, 6) is 2.46. The molecule has 2 aromatic carbocycles. The first-order valence-electron chi connectivity index (χ1n) is 9.93. The van der Waals surface area contributed by atoms with E-state index < -0.39 is 10.0 Å². The van der Waals surface area contributed by atoms with E-state index >= 15 is 0 Å². The second-order valence-electron chi connectivity index (χ2n) is 7.33. The third-order valence-electron chi connectivity index (χ3n) is 5.10. The number of ether oxygens (including phenoxy) is 1. The monoisotopic (exact) mass is 458 g/mol. The smallest absolute Gasteiger partial charge is 0.243 e. The molecular weight excluding hydrogens is 436 g/mol. The van der Waals surface area contributed by atoms with Crippen LogP contribution in [0.3, 0.4) is 0 Å². The van der Waals surface area contributed by atoms with E-state index in [1.807, 2.05) is 42.2 Å². The Kier molecular flexibility index (Phi) is 6.13. The van der Waals surface area contributed by atoms with E-state index in [9.17, 15) is 8.42 Å². The molecule has 0 unspecified atom stereocenters. The molecule has 0 bridgehead atoms. The quantitative estimate of drug-likeness (QED) is 0.574. The van der Waals surface area contributed by atoms with Gasteiger partial charge in [-0.25, -0.2) is 13.4 Å². The summed E-state index contributed by atoms with van der Waals surface area (Å²) >= 11 is 6.04. The van der Waals surface area contributed by atoms with Gasteiger partial charge in [-0.1, -0.05) is 35.9 Å². The molecule has 1 saturated heterocycles. The highest BCUT2D eigenvalue weighted by molar-refractivity contribution is 7.89. The molecule has 1 aliphatic rings. The van der Waals surface area contributed by atoms with Gasteiger partial charge in [0.15, 0.2) is 0 Å². The van der Waals surface area contributed by atoms with Crippen LogP contribution in [-0.2, 0) is 10.0 Å². The minimum atomic E-state index is -3.61. The number of para-hydroxylation sites is 1. The van der Waals surface area contributed by atoms with E-state index in [0.29, 0.717) is 54.2 Å². The molecule has 9 heteroatoms. The minimum Gasteiger partial charge on any atom is -0.439 e. The SMILES string of the molecule is Cc1nc(Oc2ccccc2)cc(N2CCN(S(=O)(=O)c3cc(Cl)ccc3C)CC2)n1. The lowest BCUT2D eigenvalue weighted by Crippen LogP contribution is -2.49. The van der Waals surface area contributed by atoms with Gasteiger partial charge in [0.1, 0.15) is 17.4 Å². The number of anilines is 1. The molecule has 1 aliphatic heterocycles. The van der Waals surface area contributed by atoms with E-state index in [1.165, 1.54) is 10.4 Å². The van der Waals surface area contributed by atoms with Crippen molar-refractivity contribution in [3.8, 4) is 11.6 Å². The Morgan fingerprint density at radius 2 is 1.65 bits per heavy atom. The van der Waals surface area contributed by atoms with Crippen LogP contribution < -0.4 is 9.64 Å². The minimum absolute atomic E-state index is 0.255. The summed E-state index contributed by atoms with van der Waals surface area (Å²) in [6.07, 6.45) is 0. The number of nitrogens with zero attached hydrogens (tertiary/aromatic N) is 4. The number of aryl methyl sites for hydroxylation is 2. The fourth-order valence-corrected chi connectivity index (χ4v) is 5.41. The Bertz CT molecular complexity index is 1180. The molecule has 0 saturated carbocycles. The van der Waals surface area contributed by atoms with Crippen LogP contribution in [0.1, 0.15) is 11.4 Å². The molecule has 0 N–H and O–H groups in total. The number of piperazine rings is 1. The molecular formula is C22H23ClN4O3S. The average molecular weight is 459 g/mol. The van der Waals surface area contributed by atoms with Gasteiger partial charge in [0.05, 0.1) is 4.90 Å². The predicted octanol–water partition coefficient (Wildman–Crippen LogP) is 4.05. The molecule has 2 heterocycles. The molecule has 0 amide bonds. The number of aromatic nitrogens is 2. The number of sulfonamides is 1. The molecule has 31 heavy (non-hydrogen) atoms. The van der Waals surface area contributed by atoms with Gasteiger partial charge in [-0.2, -0.15) is 9.29 Å². The second kappa shape index (κ2) is 8.82. The lowest BCUT2D eigenvalue weighted by atomic mass is 10.2. The lowest BCUT2D eigenvalue weighted by Gasteiger charge is -2.35. The van der Waals surface area contributed by atoms with E-state index in [1.54, 1.807) is 25.1 Å². The van der Waals surface area contributed by atoms with Crippen LogP contribution >= 0.6 is 11.6 Å². The highest BCUT2D eigenvalue weighted by Gasteiger charge is 2.30. The zero-order valence-corrected chi connectivity index (χ0v) is 18.9. The van der Waals surface area contributed by atoms with Gasteiger partial charge in [-0.15, -0.1) is 0 Å². The Hall–Kier alpha value is -2.68. The highest BCUT2D eigenvalue weighted by atomic mass is 35.5. The average Bonchev–Trinajstić information content (AvgIpc) is 2.76. The summed E-state index contributed by atoms with van der Waals surface area (Å²) in [6, 6.07) is 16.1. The second-order valence-corrected chi connectivity index (χ2v) is 9.67. The first-order valence-corrected chi connectivity index (χ1v) is 11.7. The van der Waals surface area contributed by atoms with Gasteiger partial charge in [0.25, 0.3) is 0 Å². The van der Waals surface area contributed by atoms with Gasteiger partial charge >= 0.3 is 0 Å². The fourth-order valence-electron chi connectivity index (χ4n) is 3.50. The zero-order valence-electron chi connectivity index (χ0n) is 17.3. The summed E-state index contributed by atoms with van der Waals surface area (Å²) < 4.78 is 33.6. The Labute approximate surface area is 187 Å². The predicted molar refractivity (Wildman–Crippen MR) is 120 cm³/mol. The molecule has 0 radical (unpaired) electrons. The molecule has 0 spiro atoms. The van der Waals surface area contributed by atoms with Crippen molar-refractivity contribution in [2.45, 2.75) is 18.7 Å². The first kappa shape index (κ1) is 21.5. The molecule has 0 aliphatic carbocycles. The maximum Gasteiger partial charge on any atom is 0.243 e. The third-order valence-corrected chi connectivity index (χ3v) is 7.37. The van der Waals surface area contributed by atoms with Crippen LogP contribution in [0, 0.1) is 13.8 Å². The molecule has 3 aromatic rings. The maximum absolute atomic E-state index is 13.1. The summed E-state index contributed by atoms with van der Waals surface area (Å²) in [5.41, 5.74) is 0.681. The van der Waals surface area contributed by atoms with E-state index in [-0.39, 0.29) is 4.90 Å². The summed E-state index contributed by atoms with van der Waals surface area (Å²) in [7, 11) is -3.61. The van der Waals surface area contributed by atoms with Crippen molar-refractivity contribution in [2.75, 3.05) is 31.1 Å². The first-order chi connectivity index (χ1) is 14.8. The van der Waals surface area contributed by atoms with Gasteiger partial charge < -0.3 is 9.64 Å². The van der Waals surface area contributed by atoms with Gasteiger partial charge in [0.2, 0.25) is 15.9 Å². The van der Waals surface area contributed by atoms with Crippen LogP contribution in [0.4, 0.5) is 5.82 Å². The molecule has 162 valence electrons. The van der Waals surface area contributed by atoms with E-state index in [2.05, 4.69) is 9.97 Å². The highest BCUT2D eigenvalue weighted by Crippen LogP contribution is 2.27. The van der Waals surface area contributed by atoms with Crippen molar-refractivity contribution in [3.05, 3.63) is 71.0 Å². The lowest BCUT2D eigenvalue weighted by molar-refractivity contribution is 0.382. The van der Waals surface area contributed by atoms with Crippen LogP contribution in [-0.4, -0.2) is 48.9 Å². The molecule has 7 nitrogen and oxygen atoms in total. The van der Waals surface area contributed by atoms with Crippen molar-refractivity contribution < 1.29 is 13.2 Å². The van der Waals surface area contributed by atoms with Crippen molar-refractivity contribution in [2.24, 2.45) is 0 Å². The van der Waals surface area contributed by atoms with Gasteiger partial charge in [-0.3, -0.25) is 0 Å². The summed E-state index contributed by atoms with van der Waals surface area (Å²) in [4.78, 5) is 11.2. The van der Waals surface area contributed by atoms with Crippen LogP contribution in [0.25, 0.3) is 0 Å². The number of halogens is 1. The van der Waals surface area contributed by atoms with Crippen molar-refractivity contribution in [1.29, 1.82) is 0 Å². The number of rotatable bonds is 5. The van der Waals surface area contributed by atoms with Crippen LogP contribution in [0.2, 0.25) is 5.02 Å². The number of benzene rings is 2. The topological polar surface area (TPSA) is 75.6 Å². The summed E-state index contributed by atoms with van der Waals surface area (Å²) in [5, 5.41) is 0.408. The van der Waals surface area contributed by atoms with Gasteiger partial charge in [-0.05, 0) is 43.7 Å². The molecule has 1 fully saturated rings. The number of hydrogen-bond donors (Lipinski definition) is 0. The third kappa shape index (κ3) is 4.81. The zero-order chi connectivity index (χ0) is 22.0. The summed E-state index contributed by atoms with van der Waals surface area (Å²) in [6.45, 7) is 5.32. The van der Waals surface area contributed by atoms with Crippen molar-refractivity contribution >= 4 is 27.4 Å². The normalized spacial score (nSPS) is 15.1. The largest absolute Gasteiger partial charge is 0.439 e. The molecule has 4 rings (SSSR count). The van der Waals surface area contributed by atoms with Crippen LogP contribution in [0.15, 0.2) is 59.5 Å². The standard InChI is InChI=1S/C22H23ClN4O3S/c1-16-8-9-18(23)14-20(16)31(28,29)27-12-10-26(11-13-27)21-15-22(25-17(2)24-21)30-19-6-4-3-5-7-19/h3-9,14-15H,10-13H2,1-2H3. The molecule has 1 aromatic heterocycles. The van der Waals surface area contributed by atoms with Crippen molar-refractivity contribution in [3.63, 3.8) is 0 Å². The Balaban J connectivity index is 1.49. The van der Waals surface area contributed by atoms with Crippen molar-refractivity contribution in [1.82, 2.24) is 14.3 Å². The Morgan fingerprint density at radius 3 is 2.35 bits per heavy atom. The van der Waals surface area contributed by atoms with E-state index in [4.69, 9.17) is 16.3 Å². The molecule has 0 atom stereocenters. The Morgan fingerprint density at radius 1 is 0.935 bits per heavy atom. The fraction of sp³-hybridized carbons (Fsp3) is 0.273. The maximum atomic E-state index is 13.1.